The molecule has 5 aromatic carbocycles. The molecule has 0 fully saturated rings. The van der Waals surface area contributed by atoms with Gasteiger partial charge in [-0.3, -0.25) is 9.59 Å². The van der Waals surface area contributed by atoms with E-state index in [-0.39, 0.29) is 25.0 Å². The molecule has 0 spiro atoms. The second kappa shape index (κ2) is 21.5. The number of carbonyl (C=O) groups is 2. The molecule has 0 N–H and O–H groups in total. The zero-order chi connectivity index (χ0) is 47.6. The van der Waals surface area contributed by atoms with E-state index < -0.39 is 46.9 Å². The van der Waals surface area contributed by atoms with Crippen LogP contribution < -0.4 is 0 Å². The maximum absolute atomic E-state index is 16.1. The van der Waals surface area contributed by atoms with Crippen molar-refractivity contribution in [2.45, 2.75) is 123 Å². The highest BCUT2D eigenvalue weighted by Crippen LogP contribution is 2.60. The number of benzene rings is 5. The lowest BCUT2D eigenvalue weighted by Gasteiger charge is -2.52. The van der Waals surface area contributed by atoms with Crippen LogP contribution in [0, 0.1) is 16.7 Å². The first-order chi connectivity index (χ1) is 30.7. The van der Waals surface area contributed by atoms with Gasteiger partial charge in [0.1, 0.15) is 0 Å². The lowest BCUT2D eigenvalue weighted by atomic mass is 9.49. The van der Waals surface area contributed by atoms with Crippen molar-refractivity contribution in [3.63, 3.8) is 0 Å². The van der Waals surface area contributed by atoms with Crippen molar-refractivity contribution in [2.75, 3.05) is 13.7 Å². The fourth-order valence-electron chi connectivity index (χ4n) is 10.8. The highest BCUT2D eigenvalue weighted by atomic mass is 28.5. The van der Waals surface area contributed by atoms with Crippen LogP contribution in [0.3, 0.4) is 0 Å². The molecular weight excluding hydrogens is 853 g/mol. The van der Waals surface area contributed by atoms with E-state index in [1.807, 2.05) is 80.6 Å². The Morgan fingerprint density at radius 1 is 0.554 bits per heavy atom. The quantitative estimate of drug-likeness (QED) is 0.0281. The summed E-state index contributed by atoms with van der Waals surface area (Å²) in [6.07, 6.45) is 2.83. The Morgan fingerprint density at radius 2 is 0.923 bits per heavy atom. The Hall–Kier alpha value is -4.39. The Bertz CT molecular complexity index is 2090. The molecule has 0 heterocycles. The van der Waals surface area contributed by atoms with Gasteiger partial charge in [-0.25, -0.2) is 0 Å². The van der Waals surface area contributed by atoms with Crippen molar-refractivity contribution >= 4 is 37.1 Å². The fourth-order valence-corrected chi connectivity index (χ4v) is 23.4. The maximum Gasteiger partial charge on any atom is 0.314 e. The van der Waals surface area contributed by atoms with Crippen LogP contribution in [0.4, 0.5) is 0 Å². The fraction of sp³-hybridized carbons (Fsp3) is 0.429. The molecule has 5 rings (SSSR count). The molecule has 0 radical (unpaired) electrons. The molecule has 3 unspecified atom stereocenters. The summed E-state index contributed by atoms with van der Waals surface area (Å²) < 4.78 is 26.4. The lowest BCUT2D eigenvalue weighted by molar-refractivity contribution is -0.166. The molecule has 3 atom stereocenters. The van der Waals surface area contributed by atoms with Gasteiger partial charge >= 0.3 is 20.5 Å². The van der Waals surface area contributed by atoms with E-state index >= 15 is 9.59 Å². The molecule has 0 aromatic heterocycles. The summed E-state index contributed by atoms with van der Waals surface area (Å²) in [5, 5.41) is 0. The van der Waals surface area contributed by atoms with E-state index in [9.17, 15) is 0 Å². The van der Waals surface area contributed by atoms with E-state index in [0.29, 0.717) is 24.8 Å². The SMILES string of the molecule is CCC(C)CC(CC(C)(CC(C)(C(=O)OCCC[Si](C)(O[Si](C)(C)C)O[Si](C)(C)C)C(c1ccccc1)(c1ccccc1)c1ccccc1)C(=O)OC)(c1ccccc1)c1ccccc1. The second-order valence-corrected chi connectivity index (χ2v) is 33.8. The molecule has 0 saturated carbocycles. The summed E-state index contributed by atoms with van der Waals surface area (Å²) in [5.74, 6) is -0.430. The topological polar surface area (TPSA) is 71.1 Å². The van der Waals surface area contributed by atoms with Gasteiger partial charge in [0.25, 0.3) is 0 Å². The molecule has 65 heavy (non-hydrogen) atoms. The summed E-state index contributed by atoms with van der Waals surface area (Å²) in [6, 6.07) is 52.8. The molecule has 0 saturated heterocycles. The standard InChI is InChI=1S/C56H76O6Si3/c1-13-45(2)42-55(46-30-19-14-20-31-46,47-32-21-15-22-33-47)44-53(3,51(57)59-5)43-54(4,52(58)60-40-29-41-65(12,61-63(6,7)8)62-64(9,10)11)56(48-34-23-16-24-35-48,49-36-25-17-26-37-49)50-38-27-18-28-39-50/h14-28,30-39,45H,13,29,40-44H2,1-12H3. The first-order valence-corrected chi connectivity index (χ1v) is 32.9. The highest BCUT2D eigenvalue weighted by Gasteiger charge is 2.62. The van der Waals surface area contributed by atoms with E-state index in [0.717, 1.165) is 40.7 Å². The Balaban J connectivity index is 1.78. The predicted octanol–water partition coefficient (Wildman–Crippen LogP) is 14.1. The summed E-state index contributed by atoms with van der Waals surface area (Å²) in [6.45, 7) is 24.2. The average Bonchev–Trinajstić information content (AvgIpc) is 3.27. The van der Waals surface area contributed by atoms with Crippen LogP contribution in [0.25, 0.3) is 0 Å². The lowest BCUT2D eigenvalue weighted by Crippen LogP contribution is -2.55. The third-order valence-electron chi connectivity index (χ3n) is 13.1. The minimum Gasteiger partial charge on any atom is -0.469 e. The normalized spacial score (nSPS) is 15.0. The molecular formula is C56H76O6Si3. The Labute approximate surface area is 395 Å². The van der Waals surface area contributed by atoms with Crippen LogP contribution in [0.2, 0.25) is 51.9 Å². The zero-order valence-corrected chi connectivity index (χ0v) is 44.4. The first kappa shape index (κ1) is 51.6. The van der Waals surface area contributed by atoms with Gasteiger partial charge in [0.15, 0.2) is 16.6 Å². The number of ether oxygens (including phenoxy) is 2. The molecule has 0 aliphatic carbocycles. The van der Waals surface area contributed by atoms with Crippen LogP contribution in [-0.2, 0) is 38.1 Å². The molecule has 6 nitrogen and oxygen atoms in total. The van der Waals surface area contributed by atoms with E-state index in [1.165, 1.54) is 7.11 Å². The number of methoxy groups -OCH3 is 1. The van der Waals surface area contributed by atoms with E-state index in [2.05, 4.69) is 145 Å². The molecule has 0 aliphatic rings. The average molecular weight is 929 g/mol. The predicted molar refractivity (Wildman–Crippen MR) is 275 cm³/mol. The zero-order valence-electron chi connectivity index (χ0n) is 41.4. The van der Waals surface area contributed by atoms with Crippen molar-refractivity contribution in [3.8, 4) is 0 Å². The Morgan fingerprint density at radius 3 is 1.26 bits per heavy atom. The van der Waals surface area contributed by atoms with Crippen molar-refractivity contribution < 1.29 is 27.3 Å². The van der Waals surface area contributed by atoms with Gasteiger partial charge < -0.3 is 17.7 Å². The van der Waals surface area contributed by atoms with Crippen molar-refractivity contribution in [1.82, 2.24) is 0 Å². The van der Waals surface area contributed by atoms with Crippen molar-refractivity contribution in [2.24, 2.45) is 16.7 Å². The summed E-state index contributed by atoms with van der Waals surface area (Å²) >= 11 is 0. The second-order valence-electron chi connectivity index (χ2n) is 20.9. The van der Waals surface area contributed by atoms with Crippen molar-refractivity contribution in [1.29, 1.82) is 0 Å². The van der Waals surface area contributed by atoms with Gasteiger partial charge in [-0.2, -0.15) is 0 Å². The van der Waals surface area contributed by atoms with Gasteiger partial charge in [-0.05, 0) is 125 Å². The molecule has 0 amide bonds. The van der Waals surface area contributed by atoms with Crippen LogP contribution in [0.1, 0.15) is 87.6 Å². The minimum absolute atomic E-state index is 0.107. The molecule has 9 heteroatoms. The van der Waals surface area contributed by atoms with Crippen molar-refractivity contribution in [3.05, 3.63) is 179 Å². The maximum atomic E-state index is 16.1. The molecule has 0 aliphatic heterocycles. The monoisotopic (exact) mass is 928 g/mol. The van der Waals surface area contributed by atoms with Crippen LogP contribution >= 0.6 is 0 Å². The molecule has 0 bridgehead atoms. The van der Waals surface area contributed by atoms with E-state index in [4.69, 9.17) is 17.7 Å². The minimum atomic E-state index is -2.63. The first-order valence-electron chi connectivity index (χ1n) is 23.6. The van der Waals surface area contributed by atoms with Crippen LogP contribution in [0.15, 0.2) is 152 Å². The van der Waals surface area contributed by atoms with Gasteiger partial charge in [-0.1, -0.05) is 172 Å². The largest absolute Gasteiger partial charge is 0.469 e. The van der Waals surface area contributed by atoms with Crippen LogP contribution in [0.5, 0.6) is 0 Å². The van der Waals surface area contributed by atoms with E-state index in [1.54, 1.807) is 0 Å². The third kappa shape index (κ3) is 12.1. The summed E-state index contributed by atoms with van der Waals surface area (Å²) in [4.78, 5) is 31.3. The van der Waals surface area contributed by atoms with Gasteiger partial charge in [0.05, 0.1) is 30.0 Å². The third-order valence-corrected chi connectivity index (χ3v) is 22.7. The highest BCUT2D eigenvalue weighted by molar-refractivity contribution is 6.87. The number of carbonyl (C=O) groups excluding carboxylic acids is 2. The number of esters is 2. The van der Waals surface area contributed by atoms with Gasteiger partial charge in [0, 0.05) is 5.41 Å². The molecule has 5 aromatic rings. The smallest absolute Gasteiger partial charge is 0.314 e. The number of hydrogen-bond acceptors (Lipinski definition) is 6. The number of hydrogen-bond donors (Lipinski definition) is 0. The summed E-state index contributed by atoms with van der Waals surface area (Å²) in [5.41, 5.74) is 0.635. The Kier molecular flexibility index (Phi) is 17.1. The van der Waals surface area contributed by atoms with Gasteiger partial charge in [0.2, 0.25) is 0 Å². The number of rotatable bonds is 23. The van der Waals surface area contributed by atoms with Crippen LogP contribution in [-0.4, -0.2) is 50.9 Å². The molecule has 348 valence electrons. The van der Waals surface area contributed by atoms with Gasteiger partial charge in [-0.15, -0.1) is 0 Å². The summed E-state index contributed by atoms with van der Waals surface area (Å²) in [7, 11) is -5.07.